The van der Waals surface area contributed by atoms with Gasteiger partial charge in [-0.1, -0.05) is 0 Å². The van der Waals surface area contributed by atoms with Crippen LogP contribution in [-0.4, -0.2) is 38.1 Å². The summed E-state index contributed by atoms with van der Waals surface area (Å²) in [6.45, 7) is 1.53. The summed E-state index contributed by atoms with van der Waals surface area (Å²) in [5.41, 5.74) is 0. The minimum atomic E-state index is -4.32. The largest absolute Gasteiger partial charge is 0.393 e. The first-order valence-electron chi connectivity index (χ1n) is 4.84. The lowest BCUT2D eigenvalue weighted by Crippen LogP contribution is -2.29. The minimum Gasteiger partial charge on any atom is -0.393 e. The number of halogens is 3. The second-order valence-electron chi connectivity index (χ2n) is 3.57. The van der Waals surface area contributed by atoms with E-state index < -0.39 is 40.9 Å². The molecule has 0 spiro atoms. The number of hydrogen-bond donors (Lipinski definition) is 2. The molecule has 0 aromatic carbocycles. The number of sulfonamides is 1. The number of rotatable bonds is 7. The van der Waals surface area contributed by atoms with Crippen molar-refractivity contribution in [3.05, 3.63) is 0 Å². The van der Waals surface area contributed by atoms with Crippen LogP contribution in [0.2, 0.25) is 0 Å². The molecule has 0 heterocycles. The van der Waals surface area contributed by atoms with Crippen LogP contribution in [0.3, 0.4) is 0 Å². The molecule has 0 aromatic rings. The number of hydrogen-bond acceptors (Lipinski definition) is 3. The SMILES string of the molecule is CC(O)CCNS(=O)(=O)CCCC(F)(F)F. The molecule has 98 valence electrons. The molecule has 0 aliphatic rings. The van der Waals surface area contributed by atoms with Crippen LogP contribution in [0.4, 0.5) is 13.2 Å². The summed E-state index contributed by atoms with van der Waals surface area (Å²) in [5.74, 6) is -0.549. The molecular weight excluding hydrogens is 247 g/mol. The predicted octanol–water partition coefficient (Wildman–Crippen LogP) is 1.02. The fourth-order valence-corrected chi connectivity index (χ4v) is 2.06. The van der Waals surface area contributed by atoms with Gasteiger partial charge in [-0.25, -0.2) is 13.1 Å². The second-order valence-corrected chi connectivity index (χ2v) is 5.50. The molecule has 0 saturated heterocycles. The lowest BCUT2D eigenvalue weighted by atomic mass is 10.3. The summed E-state index contributed by atoms with van der Waals surface area (Å²) in [6, 6.07) is 0. The van der Waals surface area contributed by atoms with Crippen molar-refractivity contribution in [2.45, 2.75) is 38.5 Å². The molecule has 1 atom stereocenters. The molecule has 0 aliphatic carbocycles. The molecule has 0 amide bonds. The maximum atomic E-state index is 11.7. The van der Waals surface area contributed by atoms with Crippen LogP contribution in [0.25, 0.3) is 0 Å². The van der Waals surface area contributed by atoms with E-state index in [9.17, 15) is 21.6 Å². The Balaban J connectivity index is 3.80. The topological polar surface area (TPSA) is 66.4 Å². The summed E-state index contributed by atoms with van der Waals surface area (Å²) < 4.78 is 59.6. The Labute approximate surface area is 92.9 Å². The monoisotopic (exact) mass is 263 g/mol. The first kappa shape index (κ1) is 15.7. The Kier molecular flexibility index (Phi) is 6.27. The minimum absolute atomic E-state index is 0.0337. The van der Waals surface area contributed by atoms with Gasteiger partial charge in [0.05, 0.1) is 11.9 Å². The molecule has 1 unspecified atom stereocenters. The normalized spacial score (nSPS) is 15.1. The third-order valence-corrected chi connectivity index (χ3v) is 3.23. The van der Waals surface area contributed by atoms with E-state index >= 15 is 0 Å². The zero-order valence-electron chi connectivity index (χ0n) is 8.92. The van der Waals surface area contributed by atoms with Gasteiger partial charge < -0.3 is 5.11 Å². The van der Waals surface area contributed by atoms with E-state index in [0.717, 1.165) is 0 Å². The third-order valence-electron chi connectivity index (χ3n) is 1.76. The van der Waals surface area contributed by atoms with Gasteiger partial charge in [0.15, 0.2) is 0 Å². The van der Waals surface area contributed by atoms with Gasteiger partial charge >= 0.3 is 6.18 Å². The smallest absolute Gasteiger partial charge is 0.389 e. The van der Waals surface area contributed by atoms with E-state index in [2.05, 4.69) is 4.72 Å². The van der Waals surface area contributed by atoms with Crippen molar-refractivity contribution < 1.29 is 26.7 Å². The molecule has 0 aromatic heterocycles. The van der Waals surface area contributed by atoms with Crippen molar-refractivity contribution in [1.82, 2.24) is 4.72 Å². The van der Waals surface area contributed by atoms with Crippen molar-refractivity contribution in [3.8, 4) is 0 Å². The molecule has 16 heavy (non-hydrogen) atoms. The summed E-state index contributed by atoms with van der Waals surface area (Å²) in [7, 11) is -3.66. The molecule has 0 bridgehead atoms. The third kappa shape index (κ3) is 10.2. The zero-order valence-corrected chi connectivity index (χ0v) is 9.74. The average Bonchev–Trinajstić information content (AvgIpc) is 1.99. The Hall–Kier alpha value is -0.340. The molecule has 4 nitrogen and oxygen atoms in total. The summed E-state index contributed by atoms with van der Waals surface area (Å²) in [6.07, 6.45) is -6.29. The predicted molar refractivity (Wildman–Crippen MR) is 53.4 cm³/mol. The Morgan fingerprint density at radius 1 is 1.38 bits per heavy atom. The van der Waals surface area contributed by atoms with Crippen LogP contribution in [0, 0.1) is 0 Å². The molecule has 0 saturated carbocycles. The summed E-state index contributed by atoms with van der Waals surface area (Å²) in [5, 5.41) is 8.85. The van der Waals surface area contributed by atoms with E-state index in [4.69, 9.17) is 5.11 Å². The summed E-state index contributed by atoms with van der Waals surface area (Å²) in [4.78, 5) is 0. The highest BCUT2D eigenvalue weighted by Gasteiger charge is 2.27. The molecule has 0 fully saturated rings. The van der Waals surface area contributed by atoms with E-state index in [1.807, 2.05) is 0 Å². The highest BCUT2D eigenvalue weighted by Crippen LogP contribution is 2.21. The van der Waals surface area contributed by atoms with Gasteiger partial charge in [-0.15, -0.1) is 0 Å². The van der Waals surface area contributed by atoms with Crippen molar-refractivity contribution >= 4 is 10.0 Å². The van der Waals surface area contributed by atoms with Crippen LogP contribution in [0.5, 0.6) is 0 Å². The van der Waals surface area contributed by atoms with Gasteiger partial charge in [0.2, 0.25) is 10.0 Å². The molecule has 2 N–H and O–H groups in total. The maximum absolute atomic E-state index is 11.7. The Morgan fingerprint density at radius 2 is 1.94 bits per heavy atom. The van der Waals surface area contributed by atoms with Crippen molar-refractivity contribution in [2.24, 2.45) is 0 Å². The first-order valence-corrected chi connectivity index (χ1v) is 6.50. The number of aliphatic hydroxyl groups excluding tert-OH is 1. The molecular formula is C8H16F3NO3S. The van der Waals surface area contributed by atoms with Crippen LogP contribution in [0.1, 0.15) is 26.2 Å². The molecule has 0 radical (unpaired) electrons. The van der Waals surface area contributed by atoms with Crippen LogP contribution in [0.15, 0.2) is 0 Å². The standard InChI is InChI=1S/C8H16F3NO3S/c1-7(13)3-5-12-16(14,15)6-2-4-8(9,10)11/h7,12-13H,2-6H2,1H3. The maximum Gasteiger partial charge on any atom is 0.389 e. The molecule has 0 aliphatic heterocycles. The fourth-order valence-electron chi connectivity index (χ4n) is 0.958. The van der Waals surface area contributed by atoms with Crippen LogP contribution in [-0.2, 0) is 10.0 Å². The van der Waals surface area contributed by atoms with E-state index in [0.29, 0.717) is 0 Å². The Morgan fingerprint density at radius 3 is 2.38 bits per heavy atom. The lowest BCUT2D eigenvalue weighted by molar-refractivity contribution is -0.134. The van der Waals surface area contributed by atoms with Gasteiger partial charge in [-0.05, 0) is 19.8 Å². The van der Waals surface area contributed by atoms with Crippen LogP contribution < -0.4 is 4.72 Å². The fraction of sp³-hybridized carbons (Fsp3) is 1.00. The quantitative estimate of drug-likeness (QED) is 0.720. The highest BCUT2D eigenvalue weighted by molar-refractivity contribution is 7.89. The van der Waals surface area contributed by atoms with E-state index in [-0.39, 0.29) is 13.0 Å². The van der Waals surface area contributed by atoms with Crippen molar-refractivity contribution in [1.29, 1.82) is 0 Å². The average molecular weight is 263 g/mol. The lowest BCUT2D eigenvalue weighted by Gasteiger charge is -2.09. The zero-order chi connectivity index (χ0) is 12.8. The van der Waals surface area contributed by atoms with Crippen molar-refractivity contribution in [2.75, 3.05) is 12.3 Å². The van der Waals surface area contributed by atoms with E-state index in [1.165, 1.54) is 6.92 Å². The van der Waals surface area contributed by atoms with E-state index in [1.54, 1.807) is 0 Å². The molecule has 0 rings (SSSR count). The van der Waals surface area contributed by atoms with Crippen molar-refractivity contribution in [3.63, 3.8) is 0 Å². The second kappa shape index (κ2) is 6.41. The number of aliphatic hydroxyl groups is 1. The molecule has 8 heteroatoms. The van der Waals surface area contributed by atoms with Crippen LogP contribution >= 0.6 is 0 Å². The first-order chi connectivity index (χ1) is 7.12. The van der Waals surface area contributed by atoms with Gasteiger partial charge in [-0.2, -0.15) is 13.2 Å². The van der Waals surface area contributed by atoms with Gasteiger partial charge in [-0.3, -0.25) is 0 Å². The Bertz CT molecular complexity index is 287. The number of nitrogens with one attached hydrogen (secondary N) is 1. The van der Waals surface area contributed by atoms with Gasteiger partial charge in [0.25, 0.3) is 0 Å². The van der Waals surface area contributed by atoms with Gasteiger partial charge in [0.1, 0.15) is 0 Å². The van der Waals surface area contributed by atoms with Gasteiger partial charge in [0, 0.05) is 13.0 Å². The highest BCUT2D eigenvalue weighted by atomic mass is 32.2. The number of alkyl halides is 3. The summed E-state index contributed by atoms with van der Waals surface area (Å²) >= 11 is 0.